The predicted octanol–water partition coefficient (Wildman–Crippen LogP) is 4.29. The van der Waals surface area contributed by atoms with Crippen LogP contribution in [0.2, 0.25) is 0 Å². The van der Waals surface area contributed by atoms with E-state index in [0.717, 1.165) is 0 Å². The topological polar surface area (TPSA) is 38.9 Å². The Hall–Kier alpha value is -1.67. The molecule has 1 heterocycles. The maximum atomic E-state index is 6.77. The molecule has 0 bridgehead atoms. The lowest BCUT2D eigenvalue weighted by Gasteiger charge is -2.43. The number of nitrogens with zero attached hydrogens (tertiary/aromatic N) is 1. The third kappa shape index (κ3) is 2.73. The van der Waals surface area contributed by atoms with Gasteiger partial charge in [-0.2, -0.15) is 0 Å². The zero-order valence-electron chi connectivity index (χ0n) is 12.8. The Morgan fingerprint density at radius 2 is 1.76 bits per heavy atom. The third-order valence-electron chi connectivity index (χ3n) is 4.95. The van der Waals surface area contributed by atoms with Gasteiger partial charge >= 0.3 is 0 Å². The van der Waals surface area contributed by atoms with Crippen LogP contribution in [0.1, 0.15) is 54.8 Å². The van der Waals surface area contributed by atoms with E-state index in [-0.39, 0.29) is 11.5 Å². The van der Waals surface area contributed by atoms with E-state index >= 15 is 0 Å². The molecule has 1 aromatic heterocycles. The van der Waals surface area contributed by atoms with Crippen LogP contribution in [0.5, 0.6) is 0 Å². The van der Waals surface area contributed by atoms with Gasteiger partial charge in [0.2, 0.25) is 0 Å². The fourth-order valence-corrected chi connectivity index (χ4v) is 3.80. The first-order valence-corrected chi connectivity index (χ1v) is 7.95. The molecular formula is C19H24N2. The molecule has 0 radical (unpaired) electrons. The average Bonchev–Trinajstić information content (AvgIpc) is 2.55. The fourth-order valence-electron chi connectivity index (χ4n) is 3.80. The number of aryl methyl sites for hydroxylation is 1. The molecule has 3 rings (SSSR count). The smallest absolute Gasteiger partial charge is 0.0408 e. The Bertz CT molecular complexity index is 586. The first-order valence-electron chi connectivity index (χ1n) is 7.95. The molecule has 1 atom stereocenters. The summed E-state index contributed by atoms with van der Waals surface area (Å²) in [7, 11) is 0. The highest BCUT2D eigenvalue weighted by Crippen LogP contribution is 2.47. The summed E-state index contributed by atoms with van der Waals surface area (Å²) in [6.07, 6.45) is 10.0. The standard InChI is InChI=1S/C19H24N2/c1-15-12-16(14-21-13-15)18(20)19(10-6-3-7-11-19)17-8-4-2-5-9-17/h2,4-5,8-9,12-14,18H,3,6-7,10-11,20H2,1H3. The average molecular weight is 280 g/mol. The first-order chi connectivity index (χ1) is 10.2. The van der Waals surface area contributed by atoms with Crippen molar-refractivity contribution in [3.63, 3.8) is 0 Å². The normalized spacial score (nSPS) is 19.1. The number of rotatable bonds is 3. The van der Waals surface area contributed by atoms with Crippen LogP contribution in [-0.4, -0.2) is 4.98 Å². The van der Waals surface area contributed by atoms with E-state index in [0.29, 0.717) is 0 Å². The van der Waals surface area contributed by atoms with Crippen LogP contribution in [0.4, 0.5) is 0 Å². The Morgan fingerprint density at radius 3 is 2.43 bits per heavy atom. The highest BCUT2D eigenvalue weighted by Gasteiger charge is 2.40. The zero-order valence-corrected chi connectivity index (χ0v) is 12.8. The summed E-state index contributed by atoms with van der Waals surface area (Å²) in [6, 6.07) is 13.0. The van der Waals surface area contributed by atoms with Crippen molar-refractivity contribution in [2.75, 3.05) is 0 Å². The van der Waals surface area contributed by atoms with Crippen LogP contribution >= 0.6 is 0 Å². The molecule has 110 valence electrons. The summed E-state index contributed by atoms with van der Waals surface area (Å²) in [6.45, 7) is 2.08. The molecule has 1 aliphatic carbocycles. The molecule has 2 heteroatoms. The first kappa shape index (κ1) is 14.3. The number of aromatic nitrogens is 1. The van der Waals surface area contributed by atoms with Crippen LogP contribution in [-0.2, 0) is 5.41 Å². The molecule has 1 saturated carbocycles. The lowest BCUT2D eigenvalue weighted by atomic mass is 9.63. The van der Waals surface area contributed by atoms with Gasteiger partial charge in [-0.25, -0.2) is 0 Å². The molecule has 1 aliphatic rings. The second-order valence-corrected chi connectivity index (χ2v) is 6.36. The Labute approximate surface area is 127 Å². The van der Waals surface area contributed by atoms with E-state index in [2.05, 4.69) is 48.3 Å². The molecule has 0 aliphatic heterocycles. The third-order valence-corrected chi connectivity index (χ3v) is 4.95. The van der Waals surface area contributed by atoms with E-state index in [1.54, 1.807) is 0 Å². The van der Waals surface area contributed by atoms with Crippen molar-refractivity contribution in [3.8, 4) is 0 Å². The van der Waals surface area contributed by atoms with Gasteiger partial charge in [-0.1, -0.05) is 55.7 Å². The van der Waals surface area contributed by atoms with Gasteiger partial charge in [0.1, 0.15) is 0 Å². The van der Waals surface area contributed by atoms with Crippen molar-refractivity contribution in [2.45, 2.75) is 50.5 Å². The van der Waals surface area contributed by atoms with E-state index in [9.17, 15) is 0 Å². The quantitative estimate of drug-likeness (QED) is 0.910. The minimum atomic E-state index is 0.0209. The van der Waals surface area contributed by atoms with Crippen LogP contribution in [0.3, 0.4) is 0 Å². The molecule has 1 unspecified atom stereocenters. The number of nitrogens with two attached hydrogens (primary N) is 1. The van der Waals surface area contributed by atoms with Crippen LogP contribution in [0.25, 0.3) is 0 Å². The van der Waals surface area contributed by atoms with Crippen LogP contribution in [0, 0.1) is 6.92 Å². The van der Waals surface area contributed by atoms with E-state index in [1.807, 2.05) is 12.4 Å². The summed E-state index contributed by atoms with van der Waals surface area (Å²) < 4.78 is 0. The van der Waals surface area contributed by atoms with E-state index in [4.69, 9.17) is 5.73 Å². The van der Waals surface area contributed by atoms with Crippen molar-refractivity contribution in [3.05, 3.63) is 65.5 Å². The van der Waals surface area contributed by atoms with Gasteiger partial charge in [0.25, 0.3) is 0 Å². The number of benzene rings is 1. The van der Waals surface area contributed by atoms with E-state index < -0.39 is 0 Å². The van der Waals surface area contributed by atoms with E-state index in [1.165, 1.54) is 48.8 Å². The van der Waals surface area contributed by atoms with Gasteiger partial charge < -0.3 is 5.73 Å². The molecule has 0 amide bonds. The van der Waals surface area contributed by atoms with Gasteiger partial charge in [0.15, 0.2) is 0 Å². The summed E-state index contributed by atoms with van der Waals surface area (Å²) in [5.74, 6) is 0. The summed E-state index contributed by atoms with van der Waals surface area (Å²) in [4.78, 5) is 4.34. The van der Waals surface area contributed by atoms with Crippen molar-refractivity contribution >= 4 is 0 Å². The molecule has 2 N–H and O–H groups in total. The maximum Gasteiger partial charge on any atom is 0.0408 e. The molecule has 0 saturated heterocycles. The van der Waals surface area contributed by atoms with Crippen molar-refractivity contribution in [1.82, 2.24) is 4.98 Å². The van der Waals surface area contributed by atoms with Crippen LogP contribution in [0.15, 0.2) is 48.8 Å². The van der Waals surface area contributed by atoms with Gasteiger partial charge in [-0.15, -0.1) is 0 Å². The SMILES string of the molecule is Cc1cncc(C(N)C2(c3ccccc3)CCCCC2)c1. The fraction of sp³-hybridized carbons (Fsp3) is 0.421. The molecule has 21 heavy (non-hydrogen) atoms. The zero-order chi connectivity index (χ0) is 14.7. The minimum Gasteiger partial charge on any atom is -0.323 e. The van der Waals surface area contributed by atoms with Crippen LogP contribution < -0.4 is 5.73 Å². The minimum absolute atomic E-state index is 0.0209. The summed E-state index contributed by atoms with van der Waals surface area (Å²) >= 11 is 0. The van der Waals surface area contributed by atoms with Gasteiger partial charge in [0, 0.05) is 23.9 Å². The van der Waals surface area contributed by atoms with Gasteiger partial charge in [-0.05, 0) is 36.5 Å². The molecular weight excluding hydrogens is 256 g/mol. The number of hydrogen-bond acceptors (Lipinski definition) is 2. The Morgan fingerprint density at radius 1 is 1.05 bits per heavy atom. The molecule has 1 aromatic carbocycles. The molecule has 1 fully saturated rings. The Kier molecular flexibility index (Phi) is 4.07. The summed E-state index contributed by atoms with van der Waals surface area (Å²) in [5.41, 5.74) is 10.6. The monoisotopic (exact) mass is 280 g/mol. The largest absolute Gasteiger partial charge is 0.323 e. The van der Waals surface area contributed by atoms with Crippen molar-refractivity contribution < 1.29 is 0 Å². The number of hydrogen-bond donors (Lipinski definition) is 1. The lowest BCUT2D eigenvalue weighted by molar-refractivity contribution is 0.244. The summed E-state index contributed by atoms with van der Waals surface area (Å²) in [5, 5.41) is 0. The Balaban J connectivity index is 2.03. The van der Waals surface area contributed by atoms with Crippen molar-refractivity contribution in [1.29, 1.82) is 0 Å². The molecule has 2 aromatic rings. The highest BCUT2D eigenvalue weighted by atomic mass is 14.7. The highest BCUT2D eigenvalue weighted by molar-refractivity contribution is 5.33. The second kappa shape index (κ2) is 5.98. The number of pyridine rings is 1. The second-order valence-electron chi connectivity index (χ2n) is 6.36. The maximum absolute atomic E-state index is 6.77. The lowest BCUT2D eigenvalue weighted by Crippen LogP contribution is -2.40. The predicted molar refractivity (Wildman–Crippen MR) is 87.1 cm³/mol. The molecule has 2 nitrogen and oxygen atoms in total. The van der Waals surface area contributed by atoms with Gasteiger partial charge in [-0.3, -0.25) is 4.98 Å². The van der Waals surface area contributed by atoms with Gasteiger partial charge in [0.05, 0.1) is 0 Å². The molecule has 0 spiro atoms. The van der Waals surface area contributed by atoms with Crippen molar-refractivity contribution in [2.24, 2.45) is 5.73 Å².